The molecule has 0 atom stereocenters. The monoisotopic (exact) mass is 307 g/mol. The van der Waals surface area contributed by atoms with Crippen LogP contribution in [0.25, 0.3) is 17.0 Å². The second-order valence-electron chi connectivity index (χ2n) is 6.15. The molecule has 118 valence electrons. The average molecular weight is 307 g/mol. The fourth-order valence-corrected chi connectivity index (χ4v) is 3.52. The van der Waals surface area contributed by atoms with Crippen LogP contribution >= 0.6 is 0 Å². The summed E-state index contributed by atoms with van der Waals surface area (Å²) < 4.78 is 5.59. The van der Waals surface area contributed by atoms with Gasteiger partial charge in [-0.2, -0.15) is 0 Å². The molecule has 0 amide bonds. The van der Waals surface area contributed by atoms with Crippen molar-refractivity contribution in [1.29, 1.82) is 0 Å². The van der Waals surface area contributed by atoms with Crippen LogP contribution in [0.3, 0.4) is 0 Å². The summed E-state index contributed by atoms with van der Waals surface area (Å²) in [4.78, 5) is 11.4. The zero-order chi connectivity index (χ0) is 15.8. The minimum Gasteiger partial charge on any atom is -0.494 e. The quantitative estimate of drug-likeness (QED) is 0.848. The van der Waals surface area contributed by atoms with E-state index in [-0.39, 0.29) is 0 Å². The normalized spacial score (nSPS) is 19.2. The Hall–Kier alpha value is -2.49. The summed E-state index contributed by atoms with van der Waals surface area (Å²) in [6.07, 6.45) is 8.80. The van der Waals surface area contributed by atoms with Crippen LogP contribution < -0.4 is 4.74 Å². The number of aliphatic imine (C=N–C) groups is 1. The van der Waals surface area contributed by atoms with Crippen molar-refractivity contribution in [3.8, 4) is 17.1 Å². The maximum absolute atomic E-state index is 5.59. The first-order valence-electron chi connectivity index (χ1n) is 8.16. The molecule has 4 nitrogen and oxygen atoms in total. The fourth-order valence-electron chi connectivity index (χ4n) is 3.52. The van der Waals surface area contributed by atoms with Gasteiger partial charge in [0.1, 0.15) is 5.75 Å². The standard InChI is InChI=1S/C19H21N3O/c1-12(18-14-7-4-3-6-13(14)11-21-18)19-17(23-2)10-16(22-19)15-8-5-9-20-15/h5,8-11,20,22H,3-4,6-7H2,1-2H3. The Kier molecular flexibility index (Phi) is 3.45. The maximum Gasteiger partial charge on any atom is 0.144 e. The fraction of sp³-hybridized carbons (Fsp3) is 0.316. The van der Waals surface area contributed by atoms with Gasteiger partial charge in [-0.15, -0.1) is 0 Å². The van der Waals surface area contributed by atoms with Gasteiger partial charge >= 0.3 is 0 Å². The van der Waals surface area contributed by atoms with Crippen LogP contribution in [0.4, 0.5) is 0 Å². The SMILES string of the molecule is COc1cc(-c2ccc[nH]2)[nH]c1C(C)=C1N=CC2=C1CCCC2. The predicted molar refractivity (Wildman–Crippen MR) is 93.7 cm³/mol. The number of methoxy groups -OCH3 is 1. The Morgan fingerprint density at radius 2 is 2.09 bits per heavy atom. The molecule has 2 aromatic heterocycles. The smallest absolute Gasteiger partial charge is 0.144 e. The number of nitrogens with one attached hydrogen (secondary N) is 2. The number of H-pyrrole nitrogens is 2. The van der Waals surface area contributed by atoms with Gasteiger partial charge in [0.05, 0.1) is 29.9 Å². The number of aromatic nitrogens is 2. The second kappa shape index (κ2) is 5.61. The van der Waals surface area contributed by atoms with E-state index in [1.807, 2.05) is 24.4 Å². The van der Waals surface area contributed by atoms with Crippen LogP contribution in [0.2, 0.25) is 0 Å². The molecule has 1 aliphatic carbocycles. The topological polar surface area (TPSA) is 53.2 Å². The van der Waals surface area contributed by atoms with Gasteiger partial charge in [-0.3, -0.25) is 4.99 Å². The van der Waals surface area contributed by atoms with Crippen LogP contribution in [-0.2, 0) is 0 Å². The molecular weight excluding hydrogens is 286 g/mol. The molecule has 0 radical (unpaired) electrons. The first-order valence-corrected chi connectivity index (χ1v) is 8.16. The molecule has 0 saturated carbocycles. The van der Waals surface area contributed by atoms with E-state index in [1.165, 1.54) is 24.0 Å². The zero-order valence-corrected chi connectivity index (χ0v) is 13.6. The molecule has 0 aromatic carbocycles. The molecule has 3 heterocycles. The molecular formula is C19H21N3O. The summed E-state index contributed by atoms with van der Waals surface area (Å²) in [6, 6.07) is 6.08. The first kappa shape index (κ1) is 14.1. The van der Waals surface area contributed by atoms with E-state index in [0.29, 0.717) is 0 Å². The van der Waals surface area contributed by atoms with E-state index in [9.17, 15) is 0 Å². The van der Waals surface area contributed by atoms with Crippen LogP contribution in [0.1, 0.15) is 38.3 Å². The minimum atomic E-state index is 0.861. The van der Waals surface area contributed by atoms with Gasteiger partial charge in [0.2, 0.25) is 0 Å². The van der Waals surface area contributed by atoms with Gasteiger partial charge in [-0.05, 0) is 55.9 Å². The molecule has 1 aliphatic heterocycles. The van der Waals surface area contributed by atoms with E-state index in [0.717, 1.165) is 46.9 Å². The van der Waals surface area contributed by atoms with Crippen LogP contribution in [0.15, 0.2) is 46.2 Å². The number of nitrogens with zero attached hydrogens (tertiary/aromatic N) is 1. The lowest BCUT2D eigenvalue weighted by Gasteiger charge is -2.15. The molecule has 4 heteroatoms. The predicted octanol–water partition coefficient (Wildman–Crippen LogP) is 4.70. The highest BCUT2D eigenvalue weighted by Crippen LogP contribution is 2.40. The third-order valence-corrected chi connectivity index (χ3v) is 4.77. The van der Waals surface area contributed by atoms with Gasteiger partial charge in [0.25, 0.3) is 0 Å². The lowest BCUT2D eigenvalue weighted by atomic mass is 9.90. The van der Waals surface area contributed by atoms with E-state index in [2.05, 4.69) is 23.1 Å². The lowest BCUT2D eigenvalue weighted by Crippen LogP contribution is -1.99. The molecule has 4 rings (SSSR count). The van der Waals surface area contributed by atoms with Crippen molar-refractivity contribution in [1.82, 2.24) is 9.97 Å². The van der Waals surface area contributed by atoms with Gasteiger partial charge < -0.3 is 14.7 Å². The number of ether oxygens (including phenoxy) is 1. The van der Waals surface area contributed by atoms with Gasteiger partial charge in [-0.25, -0.2) is 0 Å². The summed E-state index contributed by atoms with van der Waals surface area (Å²) in [5.41, 5.74) is 8.22. The van der Waals surface area contributed by atoms with Gasteiger partial charge in [0.15, 0.2) is 0 Å². The molecule has 0 bridgehead atoms. The second-order valence-corrected chi connectivity index (χ2v) is 6.15. The third kappa shape index (κ3) is 2.34. The average Bonchev–Trinajstić information content (AvgIpc) is 3.31. The summed E-state index contributed by atoms with van der Waals surface area (Å²) in [5, 5.41) is 0. The summed E-state index contributed by atoms with van der Waals surface area (Å²) in [7, 11) is 1.71. The van der Waals surface area contributed by atoms with Crippen molar-refractivity contribution in [2.75, 3.05) is 7.11 Å². The van der Waals surface area contributed by atoms with Crippen molar-refractivity contribution in [3.05, 3.63) is 46.9 Å². The third-order valence-electron chi connectivity index (χ3n) is 4.77. The number of rotatable bonds is 3. The largest absolute Gasteiger partial charge is 0.494 e. The number of hydrogen-bond donors (Lipinski definition) is 2. The van der Waals surface area contributed by atoms with Crippen LogP contribution in [0.5, 0.6) is 5.75 Å². The number of aromatic amines is 2. The van der Waals surface area contributed by atoms with Gasteiger partial charge in [-0.1, -0.05) is 0 Å². The lowest BCUT2D eigenvalue weighted by molar-refractivity contribution is 0.414. The Morgan fingerprint density at radius 1 is 1.22 bits per heavy atom. The van der Waals surface area contributed by atoms with E-state index < -0.39 is 0 Å². The van der Waals surface area contributed by atoms with E-state index in [4.69, 9.17) is 9.73 Å². The zero-order valence-electron chi connectivity index (χ0n) is 13.6. The first-order chi connectivity index (χ1) is 11.3. The van der Waals surface area contributed by atoms with Crippen molar-refractivity contribution in [2.45, 2.75) is 32.6 Å². The molecule has 0 unspecified atom stereocenters. The number of allylic oxidation sites excluding steroid dienone is 3. The summed E-state index contributed by atoms with van der Waals surface area (Å²) >= 11 is 0. The van der Waals surface area contributed by atoms with Crippen LogP contribution in [0, 0.1) is 0 Å². The molecule has 0 fully saturated rings. The molecule has 2 aromatic rings. The Bertz CT molecular complexity index is 819. The Balaban J connectivity index is 1.80. The molecule has 2 aliphatic rings. The highest BCUT2D eigenvalue weighted by atomic mass is 16.5. The van der Waals surface area contributed by atoms with Crippen molar-refractivity contribution in [3.63, 3.8) is 0 Å². The van der Waals surface area contributed by atoms with Crippen molar-refractivity contribution >= 4 is 11.8 Å². The summed E-state index contributed by atoms with van der Waals surface area (Å²) in [6.45, 7) is 2.13. The summed E-state index contributed by atoms with van der Waals surface area (Å²) in [5.74, 6) is 0.861. The van der Waals surface area contributed by atoms with E-state index >= 15 is 0 Å². The molecule has 0 spiro atoms. The van der Waals surface area contributed by atoms with Crippen molar-refractivity contribution in [2.24, 2.45) is 4.99 Å². The maximum atomic E-state index is 5.59. The number of hydrogen-bond acceptors (Lipinski definition) is 2. The highest BCUT2D eigenvalue weighted by molar-refractivity contribution is 5.90. The Morgan fingerprint density at radius 3 is 2.87 bits per heavy atom. The van der Waals surface area contributed by atoms with Crippen molar-refractivity contribution < 1.29 is 4.74 Å². The van der Waals surface area contributed by atoms with E-state index in [1.54, 1.807) is 7.11 Å². The minimum absolute atomic E-state index is 0.861. The molecule has 0 saturated heterocycles. The highest BCUT2D eigenvalue weighted by Gasteiger charge is 2.23. The molecule has 23 heavy (non-hydrogen) atoms. The van der Waals surface area contributed by atoms with Crippen LogP contribution in [-0.4, -0.2) is 23.3 Å². The molecule has 2 N–H and O–H groups in total. The Labute approximate surface area is 136 Å². The van der Waals surface area contributed by atoms with Gasteiger partial charge in [0, 0.05) is 24.1 Å².